The Morgan fingerprint density at radius 2 is 0.445 bits per heavy atom. The minimum atomic E-state index is 0.896. The summed E-state index contributed by atoms with van der Waals surface area (Å²) in [5, 5.41) is 9.45. The molecule has 4 aromatic heterocycles. The van der Waals surface area contributed by atoms with E-state index in [-0.39, 0.29) is 0 Å². The van der Waals surface area contributed by atoms with E-state index in [9.17, 15) is 0 Å². The summed E-state index contributed by atoms with van der Waals surface area (Å²) in [6, 6.07) is 173. The fraction of sp³-hybridized carbons (Fsp3) is 0.00752. The molecule has 0 unspecified atom stereocenters. The number of benzene rings is 22. The molecule has 4 heteroatoms. The van der Waals surface area contributed by atoms with E-state index in [4.69, 9.17) is 13.3 Å². The standard InChI is InChI=1S/C42H25NO.C31H20.2C30H18O/c1-2-12-28-27(11-1)29-13-3-5-15-31(29)35-24-38-37-23-26(43-39-19-9-7-17-33(39)34-18-8-10-20-40(34)43)21-22-41(37)44-42(38)25-36(35)32-16-6-4-14-30(28)32;1-2-10-22-20(9-1)17-21-18-30-27-15-7-5-13-25(27)23-11-3-4-12-24(23)26-14-6-8-16-28(26)31(30)19-29(21)22;1-2-10-20-19(9-1)21-11-3-4-13-23(21)26-17-18-27-24-14-7-8-16-28(24)31-30(27)29(26)25-15-6-5-12-22(20)25;1-2-10-20-19(9-1)21-11-3-4-13-23(21)25-17-18-28-30(26-15-7-8-16-27(26)31-28)29(25)24-14-6-5-12-22(20)24/h1-25H;1-16,18-19H,17H2;2*1-18H. The predicted octanol–water partition coefficient (Wildman–Crippen LogP) is 37.0. The fourth-order valence-corrected chi connectivity index (χ4v) is 23.2. The largest absolute Gasteiger partial charge is 0.456 e. The third-order valence-electron chi connectivity index (χ3n) is 29.2. The third kappa shape index (κ3) is 12.3. The van der Waals surface area contributed by atoms with Gasteiger partial charge in [0.1, 0.15) is 33.5 Å². The van der Waals surface area contributed by atoms with Gasteiger partial charge in [0.05, 0.1) is 11.0 Å². The van der Waals surface area contributed by atoms with Crippen LogP contribution in [0.4, 0.5) is 0 Å². The number of nitrogens with zero attached hydrogens (tertiary/aromatic N) is 1. The smallest absolute Gasteiger partial charge is 0.143 e. The van der Waals surface area contributed by atoms with E-state index in [1.165, 1.54) is 227 Å². The zero-order valence-electron chi connectivity index (χ0n) is 74.5. The summed E-state index contributed by atoms with van der Waals surface area (Å²) < 4.78 is 21.7. The molecule has 4 heterocycles. The SMILES string of the molecule is c1ccc2c(c1)-c1ccccc1-c1cc3oc4ccc(-n5c6ccccc6c6ccccc65)cc4c3cc1-c1ccccc1-2.c1ccc2c(c1)-c1ccccc1-c1ccc3c(oc4ccccc43)c1-c1ccccc1-2.c1ccc2c(c1)-c1ccccc1-c1ccc3oc4ccccc4c3c1-c1ccccc1-2.c1ccc2c(c1)Cc1cc3c(cc1-2)-c1ccccc1-c1ccccc1-c1ccccc1-3. The van der Waals surface area contributed by atoms with Crippen molar-refractivity contribution in [3.05, 3.63) is 490 Å². The van der Waals surface area contributed by atoms with E-state index in [0.717, 1.165) is 72.5 Å². The van der Waals surface area contributed by atoms with Gasteiger partial charge in [0.15, 0.2) is 0 Å². The van der Waals surface area contributed by atoms with E-state index in [0.29, 0.717) is 0 Å². The highest BCUT2D eigenvalue weighted by atomic mass is 16.3. The van der Waals surface area contributed by atoms with Crippen LogP contribution in [0.25, 0.3) is 282 Å². The molecule has 0 spiro atoms. The molecule has 31 rings (SSSR count). The lowest BCUT2D eigenvalue weighted by molar-refractivity contribution is 0.668. The van der Waals surface area contributed by atoms with Gasteiger partial charge in [-0.3, -0.25) is 0 Å². The minimum Gasteiger partial charge on any atom is -0.456 e. The number of furan rings is 3. The van der Waals surface area contributed by atoms with Gasteiger partial charge in [0.2, 0.25) is 0 Å². The van der Waals surface area contributed by atoms with Crippen LogP contribution in [0, 0.1) is 0 Å². The van der Waals surface area contributed by atoms with Crippen LogP contribution in [0.3, 0.4) is 0 Å². The molecular formula is C133H81NO3. The van der Waals surface area contributed by atoms with Crippen molar-refractivity contribution in [3.63, 3.8) is 0 Å². The topological polar surface area (TPSA) is 44.4 Å². The Labute approximate surface area is 791 Å². The van der Waals surface area contributed by atoms with Crippen LogP contribution in [0.2, 0.25) is 0 Å². The second-order valence-electron chi connectivity index (χ2n) is 36.4. The summed E-state index contributed by atoms with van der Waals surface area (Å²) in [4.78, 5) is 0. The summed E-state index contributed by atoms with van der Waals surface area (Å²) in [5.74, 6) is 0. The van der Waals surface area contributed by atoms with Crippen molar-refractivity contribution in [1.29, 1.82) is 0 Å². The average molecular weight is 1740 g/mol. The Hall–Kier alpha value is -18.0. The molecule has 5 aliphatic rings. The molecule has 0 atom stereocenters. The molecule has 4 nitrogen and oxygen atoms in total. The first-order chi connectivity index (χ1) is 68.0. The molecule has 0 aliphatic heterocycles. The van der Waals surface area contributed by atoms with Gasteiger partial charge in [-0.15, -0.1) is 0 Å². The zero-order chi connectivity index (χ0) is 89.9. The van der Waals surface area contributed by atoms with Gasteiger partial charge < -0.3 is 17.8 Å². The van der Waals surface area contributed by atoms with Crippen LogP contribution < -0.4 is 0 Å². The maximum Gasteiger partial charge on any atom is 0.143 e. The Kier molecular flexibility index (Phi) is 17.8. The van der Waals surface area contributed by atoms with E-state index in [1.54, 1.807) is 0 Å². The van der Waals surface area contributed by atoms with Crippen LogP contribution in [-0.2, 0) is 6.42 Å². The van der Waals surface area contributed by atoms with Crippen LogP contribution in [0.1, 0.15) is 11.1 Å². The Bertz CT molecular complexity index is 9470. The summed E-state index contributed by atoms with van der Waals surface area (Å²) in [5.41, 5.74) is 55.0. The molecule has 137 heavy (non-hydrogen) atoms. The van der Waals surface area contributed by atoms with Gasteiger partial charge in [0.25, 0.3) is 0 Å². The molecule has 636 valence electrons. The molecule has 26 aromatic rings. The van der Waals surface area contributed by atoms with Crippen molar-refractivity contribution >= 4 is 87.6 Å². The van der Waals surface area contributed by atoms with Crippen molar-refractivity contribution in [2.75, 3.05) is 0 Å². The van der Waals surface area contributed by atoms with Crippen LogP contribution in [0.5, 0.6) is 0 Å². The van der Waals surface area contributed by atoms with Gasteiger partial charge in [-0.25, -0.2) is 0 Å². The van der Waals surface area contributed by atoms with Crippen LogP contribution in [0.15, 0.2) is 492 Å². The van der Waals surface area contributed by atoms with Crippen molar-refractivity contribution in [2.45, 2.75) is 6.42 Å². The Morgan fingerprint density at radius 3 is 0.905 bits per heavy atom. The third-order valence-corrected chi connectivity index (χ3v) is 29.2. The zero-order valence-corrected chi connectivity index (χ0v) is 74.5. The van der Waals surface area contributed by atoms with Gasteiger partial charge in [-0.05, 0) is 281 Å². The van der Waals surface area contributed by atoms with Crippen molar-refractivity contribution in [1.82, 2.24) is 4.57 Å². The quantitative estimate of drug-likeness (QED) is 0.165. The Balaban J connectivity index is 0.0000000914. The average Bonchev–Trinajstić information content (AvgIpc) is 0.894. The number of aromatic nitrogens is 1. The first kappa shape index (κ1) is 77.8. The van der Waals surface area contributed by atoms with E-state index < -0.39 is 0 Å². The first-order valence-electron chi connectivity index (χ1n) is 47.3. The second-order valence-corrected chi connectivity index (χ2v) is 36.4. The number of para-hydroxylation sites is 4. The minimum absolute atomic E-state index is 0.896. The molecule has 0 amide bonds. The highest BCUT2D eigenvalue weighted by Gasteiger charge is 2.32. The number of hydrogen-bond donors (Lipinski definition) is 0. The Morgan fingerprint density at radius 1 is 0.146 bits per heavy atom. The summed E-state index contributed by atoms with van der Waals surface area (Å²) in [7, 11) is 0. The summed E-state index contributed by atoms with van der Waals surface area (Å²) in [6.07, 6.45) is 1.01. The molecule has 0 bridgehead atoms. The second kappa shape index (κ2) is 31.4. The van der Waals surface area contributed by atoms with Crippen molar-refractivity contribution in [3.8, 4) is 195 Å². The molecule has 0 saturated carbocycles. The van der Waals surface area contributed by atoms with Crippen LogP contribution in [-0.4, -0.2) is 4.57 Å². The molecule has 5 aliphatic carbocycles. The van der Waals surface area contributed by atoms with Gasteiger partial charge in [-0.1, -0.05) is 394 Å². The van der Waals surface area contributed by atoms with Crippen LogP contribution >= 0.6 is 0 Å². The lowest BCUT2D eigenvalue weighted by atomic mass is 9.79. The maximum atomic E-state index is 6.60. The lowest BCUT2D eigenvalue weighted by Crippen LogP contribution is -1.98. The van der Waals surface area contributed by atoms with E-state index in [2.05, 4.69) is 472 Å². The predicted molar refractivity (Wildman–Crippen MR) is 571 cm³/mol. The number of hydrogen-bond acceptors (Lipinski definition) is 3. The number of rotatable bonds is 1. The highest BCUT2D eigenvalue weighted by Crippen LogP contribution is 2.58. The molecule has 0 fully saturated rings. The molecular weight excluding hydrogens is 1660 g/mol. The van der Waals surface area contributed by atoms with Gasteiger partial charge >= 0.3 is 0 Å². The van der Waals surface area contributed by atoms with E-state index in [1.807, 2.05) is 12.1 Å². The molecule has 0 saturated heterocycles. The lowest BCUT2D eigenvalue weighted by Gasteiger charge is -2.24. The maximum absolute atomic E-state index is 6.60. The number of fused-ring (bicyclic) bond motifs is 49. The highest BCUT2D eigenvalue weighted by molar-refractivity contribution is 6.22. The first-order valence-corrected chi connectivity index (χ1v) is 47.3. The van der Waals surface area contributed by atoms with Crippen molar-refractivity contribution < 1.29 is 13.3 Å². The van der Waals surface area contributed by atoms with E-state index >= 15 is 0 Å². The van der Waals surface area contributed by atoms with Crippen molar-refractivity contribution in [2.24, 2.45) is 0 Å². The monoisotopic (exact) mass is 1740 g/mol. The molecule has 22 aromatic carbocycles. The van der Waals surface area contributed by atoms with Gasteiger partial charge in [-0.2, -0.15) is 0 Å². The fourth-order valence-electron chi connectivity index (χ4n) is 23.2. The molecule has 0 N–H and O–H groups in total. The molecule has 0 radical (unpaired) electrons. The summed E-state index contributed by atoms with van der Waals surface area (Å²) in [6.45, 7) is 0. The van der Waals surface area contributed by atoms with Gasteiger partial charge in [0, 0.05) is 59.9 Å². The summed E-state index contributed by atoms with van der Waals surface area (Å²) >= 11 is 0. The normalized spacial score (nSPS) is 12.1.